The van der Waals surface area contributed by atoms with E-state index in [0.29, 0.717) is 37.2 Å². The lowest BCUT2D eigenvalue weighted by Gasteiger charge is -2.34. The summed E-state index contributed by atoms with van der Waals surface area (Å²) in [4.78, 5) is 28.8. The number of anilines is 1. The number of rotatable bonds is 5. The van der Waals surface area contributed by atoms with E-state index in [1.807, 2.05) is 17.0 Å². The second kappa shape index (κ2) is 8.57. The molecule has 2 heterocycles. The van der Waals surface area contributed by atoms with Gasteiger partial charge >= 0.3 is 0 Å². The molecule has 0 spiro atoms. The maximum Gasteiger partial charge on any atom is 0.228 e. The van der Waals surface area contributed by atoms with Gasteiger partial charge in [0.1, 0.15) is 6.61 Å². The molecule has 2 aliphatic heterocycles. The number of piperidine rings is 1. The number of amides is 2. The standard InChI is InChI=1S/C20H23ClN2O3/c1-2-10-26-14-15-4-3-9-22(12-15)20(25)16-11-19(24)23(13-16)18-7-5-17(21)6-8-18/h1,5-8,15-16H,3-4,9-14H2. The van der Waals surface area contributed by atoms with E-state index in [9.17, 15) is 9.59 Å². The number of likely N-dealkylation sites (tertiary alicyclic amines) is 1. The zero-order chi connectivity index (χ0) is 18.5. The number of halogens is 1. The molecule has 2 atom stereocenters. The zero-order valence-corrected chi connectivity index (χ0v) is 15.5. The Morgan fingerprint density at radius 3 is 2.81 bits per heavy atom. The number of hydrogen-bond donors (Lipinski definition) is 0. The van der Waals surface area contributed by atoms with Crippen LogP contribution in [0.15, 0.2) is 24.3 Å². The Morgan fingerprint density at radius 1 is 1.31 bits per heavy atom. The van der Waals surface area contributed by atoms with Crippen molar-refractivity contribution in [1.29, 1.82) is 0 Å². The molecule has 0 N–H and O–H groups in total. The molecule has 0 bridgehead atoms. The Morgan fingerprint density at radius 2 is 2.08 bits per heavy atom. The van der Waals surface area contributed by atoms with Crippen LogP contribution in [-0.2, 0) is 14.3 Å². The Balaban J connectivity index is 1.59. The molecule has 2 saturated heterocycles. The average Bonchev–Trinajstić information content (AvgIpc) is 3.04. The predicted octanol–water partition coefficient (Wildman–Crippen LogP) is 2.58. The van der Waals surface area contributed by atoms with Gasteiger partial charge in [-0.25, -0.2) is 0 Å². The third-order valence-corrected chi connectivity index (χ3v) is 5.23. The maximum absolute atomic E-state index is 12.9. The lowest BCUT2D eigenvalue weighted by Crippen LogP contribution is -2.44. The molecule has 2 fully saturated rings. The van der Waals surface area contributed by atoms with Gasteiger partial charge in [0, 0.05) is 36.8 Å². The first kappa shape index (κ1) is 18.8. The van der Waals surface area contributed by atoms with Gasteiger partial charge in [0.05, 0.1) is 12.5 Å². The first-order valence-corrected chi connectivity index (χ1v) is 9.32. The van der Waals surface area contributed by atoms with Gasteiger partial charge in [-0.1, -0.05) is 17.5 Å². The van der Waals surface area contributed by atoms with Crippen molar-refractivity contribution in [3.63, 3.8) is 0 Å². The third-order valence-electron chi connectivity index (χ3n) is 4.98. The van der Waals surface area contributed by atoms with Crippen LogP contribution in [0.1, 0.15) is 19.3 Å². The number of nitrogens with zero attached hydrogens (tertiary/aromatic N) is 2. The van der Waals surface area contributed by atoms with Gasteiger partial charge in [0.25, 0.3) is 0 Å². The van der Waals surface area contributed by atoms with Crippen LogP contribution in [0, 0.1) is 24.2 Å². The molecule has 0 aromatic heterocycles. The van der Waals surface area contributed by atoms with E-state index in [4.69, 9.17) is 22.8 Å². The molecule has 0 radical (unpaired) electrons. The summed E-state index contributed by atoms with van der Waals surface area (Å²) < 4.78 is 5.43. The van der Waals surface area contributed by atoms with Crippen LogP contribution >= 0.6 is 11.6 Å². The molecule has 2 aliphatic rings. The van der Waals surface area contributed by atoms with Crippen LogP contribution in [0.4, 0.5) is 5.69 Å². The molecule has 0 aliphatic carbocycles. The molecule has 0 saturated carbocycles. The molecule has 26 heavy (non-hydrogen) atoms. The second-order valence-electron chi connectivity index (χ2n) is 6.89. The van der Waals surface area contributed by atoms with Crippen LogP contribution in [0.3, 0.4) is 0 Å². The van der Waals surface area contributed by atoms with Crippen molar-refractivity contribution in [2.75, 3.05) is 37.7 Å². The number of benzene rings is 1. The van der Waals surface area contributed by atoms with Crippen molar-refractivity contribution in [2.24, 2.45) is 11.8 Å². The molecule has 138 valence electrons. The van der Waals surface area contributed by atoms with Gasteiger partial charge in [-0.3, -0.25) is 9.59 Å². The van der Waals surface area contributed by atoms with Gasteiger partial charge in [0.15, 0.2) is 0 Å². The number of ether oxygens (including phenoxy) is 1. The summed E-state index contributed by atoms with van der Waals surface area (Å²) in [5.74, 6) is 2.53. The molecule has 2 amide bonds. The van der Waals surface area contributed by atoms with E-state index < -0.39 is 0 Å². The van der Waals surface area contributed by atoms with Gasteiger partial charge in [-0.2, -0.15) is 0 Å². The fourth-order valence-electron chi connectivity index (χ4n) is 3.69. The van der Waals surface area contributed by atoms with Gasteiger partial charge < -0.3 is 14.5 Å². The third kappa shape index (κ3) is 4.38. The minimum Gasteiger partial charge on any atom is -0.368 e. The molecule has 1 aromatic carbocycles. The van der Waals surface area contributed by atoms with E-state index in [2.05, 4.69) is 5.92 Å². The van der Waals surface area contributed by atoms with E-state index in [0.717, 1.165) is 25.1 Å². The summed E-state index contributed by atoms with van der Waals surface area (Å²) in [7, 11) is 0. The summed E-state index contributed by atoms with van der Waals surface area (Å²) in [5.41, 5.74) is 0.786. The number of hydrogen-bond acceptors (Lipinski definition) is 3. The first-order valence-electron chi connectivity index (χ1n) is 8.94. The molecule has 5 nitrogen and oxygen atoms in total. The van der Waals surface area contributed by atoms with Crippen LogP contribution < -0.4 is 4.90 Å². The van der Waals surface area contributed by atoms with Gasteiger partial charge in [-0.05, 0) is 43.0 Å². The first-order chi connectivity index (χ1) is 12.6. The van der Waals surface area contributed by atoms with Crippen LogP contribution in [0.25, 0.3) is 0 Å². The number of carbonyl (C=O) groups is 2. The molecular formula is C20H23ClN2O3. The van der Waals surface area contributed by atoms with E-state index in [1.54, 1.807) is 17.0 Å². The van der Waals surface area contributed by atoms with Gasteiger partial charge in [0.2, 0.25) is 11.8 Å². The summed E-state index contributed by atoms with van der Waals surface area (Å²) in [6.07, 6.45) is 7.45. The fourth-order valence-corrected chi connectivity index (χ4v) is 3.81. The Bertz CT molecular complexity index is 698. The Hall–Kier alpha value is -2.03. The SMILES string of the molecule is C#CCOCC1CCCN(C(=O)C2CC(=O)N(c3ccc(Cl)cc3)C2)C1. The van der Waals surface area contributed by atoms with Crippen molar-refractivity contribution in [1.82, 2.24) is 4.90 Å². The highest BCUT2D eigenvalue weighted by Gasteiger charge is 2.38. The van der Waals surface area contributed by atoms with E-state index in [-0.39, 0.29) is 24.2 Å². The second-order valence-corrected chi connectivity index (χ2v) is 7.33. The molecule has 6 heteroatoms. The van der Waals surface area contributed by atoms with Crippen LogP contribution in [-0.4, -0.2) is 49.6 Å². The van der Waals surface area contributed by atoms with Crippen molar-refractivity contribution < 1.29 is 14.3 Å². The van der Waals surface area contributed by atoms with Crippen LogP contribution in [0.2, 0.25) is 5.02 Å². The van der Waals surface area contributed by atoms with Gasteiger partial charge in [-0.15, -0.1) is 6.42 Å². The van der Waals surface area contributed by atoms with Crippen molar-refractivity contribution in [2.45, 2.75) is 19.3 Å². The Labute approximate surface area is 159 Å². The van der Waals surface area contributed by atoms with E-state index in [1.165, 1.54) is 0 Å². The van der Waals surface area contributed by atoms with E-state index >= 15 is 0 Å². The molecule has 2 unspecified atom stereocenters. The largest absolute Gasteiger partial charge is 0.368 e. The zero-order valence-electron chi connectivity index (χ0n) is 14.7. The fraction of sp³-hybridized carbons (Fsp3) is 0.500. The minimum absolute atomic E-state index is 0.0171. The highest BCUT2D eigenvalue weighted by atomic mass is 35.5. The monoisotopic (exact) mass is 374 g/mol. The molecule has 3 rings (SSSR count). The van der Waals surface area contributed by atoms with Crippen molar-refractivity contribution in [3.8, 4) is 12.3 Å². The highest BCUT2D eigenvalue weighted by molar-refractivity contribution is 6.30. The summed E-state index contributed by atoms with van der Waals surface area (Å²) in [5, 5.41) is 0.624. The average molecular weight is 375 g/mol. The van der Waals surface area contributed by atoms with Crippen molar-refractivity contribution in [3.05, 3.63) is 29.3 Å². The smallest absolute Gasteiger partial charge is 0.228 e. The van der Waals surface area contributed by atoms with Crippen molar-refractivity contribution >= 4 is 29.1 Å². The lowest BCUT2D eigenvalue weighted by molar-refractivity contribution is -0.138. The number of carbonyl (C=O) groups excluding carboxylic acids is 2. The maximum atomic E-state index is 12.9. The predicted molar refractivity (Wildman–Crippen MR) is 101 cm³/mol. The normalized spacial score (nSPS) is 23.2. The lowest BCUT2D eigenvalue weighted by atomic mass is 9.97. The summed E-state index contributed by atoms with van der Waals surface area (Å²) in [6, 6.07) is 7.13. The molecule has 1 aromatic rings. The summed E-state index contributed by atoms with van der Waals surface area (Å²) in [6.45, 7) is 2.73. The number of terminal acetylenes is 1. The Kier molecular flexibility index (Phi) is 6.18. The summed E-state index contributed by atoms with van der Waals surface area (Å²) >= 11 is 5.91. The minimum atomic E-state index is -0.288. The highest BCUT2D eigenvalue weighted by Crippen LogP contribution is 2.28. The van der Waals surface area contributed by atoms with Crippen LogP contribution in [0.5, 0.6) is 0 Å². The quantitative estimate of drug-likeness (QED) is 0.588. The molecular weight excluding hydrogens is 352 g/mol. The topological polar surface area (TPSA) is 49.9 Å².